The number of hydrogen-bond acceptors (Lipinski definition) is 3. The summed E-state index contributed by atoms with van der Waals surface area (Å²) in [7, 11) is 0. The molecule has 2 aromatic rings. The largest absolute Gasteiger partial charge is 0.324 e. The topological polar surface area (TPSA) is 42.0 Å². The third kappa shape index (κ3) is 3.64. The first-order valence-electron chi connectivity index (χ1n) is 6.32. The van der Waals surface area contributed by atoms with Gasteiger partial charge in [0.2, 0.25) is 5.91 Å². The Balaban J connectivity index is 1.99. The third-order valence-electron chi connectivity index (χ3n) is 3.01. The molecule has 0 aliphatic carbocycles. The first-order chi connectivity index (χ1) is 9.06. The summed E-state index contributed by atoms with van der Waals surface area (Å²) in [6, 6.07) is 4.05. The molecule has 0 unspecified atom stereocenters. The van der Waals surface area contributed by atoms with Crippen molar-refractivity contribution in [3.8, 4) is 0 Å². The predicted octanol–water partition coefficient (Wildman–Crippen LogP) is 3.64. The summed E-state index contributed by atoms with van der Waals surface area (Å²) < 4.78 is 0. The molecule has 0 aliphatic heterocycles. The zero-order chi connectivity index (χ0) is 13.8. The number of carbonyl (C=O) groups excluding carboxylic acids is 1. The number of amides is 1. The van der Waals surface area contributed by atoms with Crippen LogP contribution in [0.25, 0.3) is 0 Å². The van der Waals surface area contributed by atoms with Crippen molar-refractivity contribution in [2.45, 2.75) is 33.6 Å². The number of aryl methyl sites for hydroxylation is 4. The molecule has 0 aromatic carbocycles. The van der Waals surface area contributed by atoms with E-state index >= 15 is 0 Å². The molecule has 0 fully saturated rings. The lowest BCUT2D eigenvalue weighted by Crippen LogP contribution is -2.14. The summed E-state index contributed by atoms with van der Waals surface area (Å²) in [6.45, 7) is 5.88. The van der Waals surface area contributed by atoms with Gasteiger partial charge in [-0.3, -0.25) is 9.78 Å². The van der Waals surface area contributed by atoms with Crippen LogP contribution in [-0.4, -0.2) is 10.9 Å². The molecule has 0 aliphatic rings. The van der Waals surface area contributed by atoms with Crippen LogP contribution in [0.1, 0.15) is 28.9 Å². The molecular formula is C15H18N2OS. The maximum Gasteiger partial charge on any atom is 0.224 e. The van der Waals surface area contributed by atoms with Crippen LogP contribution in [-0.2, 0) is 11.2 Å². The minimum atomic E-state index is 0.0445. The number of carbonyl (C=O) groups is 1. The zero-order valence-corrected chi connectivity index (χ0v) is 12.3. The van der Waals surface area contributed by atoms with Gasteiger partial charge in [-0.05, 0) is 61.2 Å². The molecule has 0 bridgehead atoms. The molecule has 0 saturated carbocycles. The van der Waals surface area contributed by atoms with Crippen LogP contribution in [0, 0.1) is 20.8 Å². The van der Waals surface area contributed by atoms with E-state index in [1.54, 1.807) is 11.3 Å². The molecule has 2 heterocycles. The Morgan fingerprint density at radius 1 is 1.37 bits per heavy atom. The van der Waals surface area contributed by atoms with Crippen molar-refractivity contribution in [2.24, 2.45) is 0 Å². The average molecular weight is 274 g/mol. The molecule has 2 rings (SSSR count). The Morgan fingerprint density at radius 2 is 2.16 bits per heavy atom. The van der Waals surface area contributed by atoms with Crippen LogP contribution in [0.15, 0.2) is 22.9 Å². The van der Waals surface area contributed by atoms with Crippen molar-refractivity contribution in [1.29, 1.82) is 0 Å². The van der Waals surface area contributed by atoms with E-state index in [-0.39, 0.29) is 5.91 Å². The number of nitrogens with one attached hydrogen (secondary N) is 1. The van der Waals surface area contributed by atoms with Gasteiger partial charge >= 0.3 is 0 Å². The summed E-state index contributed by atoms with van der Waals surface area (Å²) in [5.41, 5.74) is 4.98. The summed E-state index contributed by atoms with van der Waals surface area (Å²) >= 11 is 1.66. The highest BCUT2D eigenvalue weighted by molar-refractivity contribution is 7.07. The Labute approximate surface area is 117 Å². The van der Waals surface area contributed by atoms with Gasteiger partial charge in [0.1, 0.15) is 0 Å². The average Bonchev–Trinajstić information content (AvgIpc) is 2.84. The maximum absolute atomic E-state index is 12.0. The quantitative estimate of drug-likeness (QED) is 0.925. The number of hydrogen-bond donors (Lipinski definition) is 1. The second-order valence-electron chi connectivity index (χ2n) is 4.72. The molecule has 100 valence electrons. The molecule has 19 heavy (non-hydrogen) atoms. The highest BCUT2D eigenvalue weighted by atomic mass is 32.1. The van der Waals surface area contributed by atoms with E-state index in [1.807, 2.05) is 32.2 Å². The second kappa shape index (κ2) is 5.97. The van der Waals surface area contributed by atoms with Crippen molar-refractivity contribution in [2.75, 3.05) is 5.32 Å². The number of thiophene rings is 1. The number of nitrogens with zero attached hydrogens (tertiary/aromatic N) is 1. The van der Waals surface area contributed by atoms with Crippen LogP contribution in [0.3, 0.4) is 0 Å². The Morgan fingerprint density at radius 3 is 2.79 bits per heavy atom. The molecule has 2 aromatic heterocycles. The molecule has 4 heteroatoms. The lowest BCUT2D eigenvalue weighted by Gasteiger charge is -2.11. The van der Waals surface area contributed by atoms with Gasteiger partial charge < -0.3 is 5.32 Å². The van der Waals surface area contributed by atoms with Crippen LogP contribution in [0.5, 0.6) is 0 Å². The minimum Gasteiger partial charge on any atom is -0.324 e. The lowest BCUT2D eigenvalue weighted by atomic mass is 10.1. The first-order valence-corrected chi connectivity index (χ1v) is 7.26. The van der Waals surface area contributed by atoms with Gasteiger partial charge in [-0.25, -0.2) is 0 Å². The number of aromatic nitrogens is 1. The Hall–Kier alpha value is -1.68. The Bertz CT molecular complexity index is 553. The van der Waals surface area contributed by atoms with Crippen LogP contribution in [0.4, 0.5) is 5.69 Å². The number of rotatable bonds is 4. The van der Waals surface area contributed by atoms with E-state index in [4.69, 9.17) is 0 Å². The van der Waals surface area contributed by atoms with Crippen molar-refractivity contribution in [1.82, 2.24) is 4.98 Å². The van der Waals surface area contributed by atoms with Crippen LogP contribution >= 0.6 is 11.3 Å². The first kappa shape index (κ1) is 13.7. The van der Waals surface area contributed by atoms with Gasteiger partial charge in [0.15, 0.2) is 0 Å². The maximum atomic E-state index is 12.0. The van der Waals surface area contributed by atoms with Gasteiger partial charge in [-0.15, -0.1) is 0 Å². The van der Waals surface area contributed by atoms with E-state index in [9.17, 15) is 4.79 Å². The number of pyridine rings is 1. The van der Waals surface area contributed by atoms with Crippen LogP contribution < -0.4 is 5.32 Å². The van der Waals surface area contributed by atoms with Crippen molar-refractivity contribution in [3.05, 3.63) is 45.4 Å². The lowest BCUT2D eigenvalue weighted by molar-refractivity contribution is -0.116. The summed E-state index contributed by atoms with van der Waals surface area (Å²) in [5, 5.41) is 7.08. The highest BCUT2D eigenvalue weighted by Crippen LogP contribution is 2.19. The standard InChI is InChI=1S/C15H18N2OS/c1-10-8-11(2)16-12(3)15(10)17-14(18)5-4-13-6-7-19-9-13/h6-9H,4-5H2,1-3H3,(H,17,18). The predicted molar refractivity (Wildman–Crippen MR) is 79.7 cm³/mol. The summed E-state index contributed by atoms with van der Waals surface area (Å²) in [5.74, 6) is 0.0445. The normalized spacial score (nSPS) is 10.5. The zero-order valence-electron chi connectivity index (χ0n) is 11.5. The second-order valence-corrected chi connectivity index (χ2v) is 5.50. The monoisotopic (exact) mass is 274 g/mol. The summed E-state index contributed by atoms with van der Waals surface area (Å²) in [4.78, 5) is 16.3. The molecular weight excluding hydrogens is 256 g/mol. The molecule has 3 nitrogen and oxygen atoms in total. The molecule has 1 N–H and O–H groups in total. The summed E-state index contributed by atoms with van der Waals surface area (Å²) in [6.07, 6.45) is 1.29. The SMILES string of the molecule is Cc1cc(C)c(NC(=O)CCc2ccsc2)c(C)n1. The third-order valence-corrected chi connectivity index (χ3v) is 3.74. The van der Waals surface area contributed by atoms with Crippen molar-refractivity contribution >= 4 is 22.9 Å². The molecule has 0 saturated heterocycles. The van der Waals surface area contributed by atoms with Crippen molar-refractivity contribution in [3.63, 3.8) is 0 Å². The van der Waals surface area contributed by atoms with E-state index in [1.165, 1.54) is 5.56 Å². The number of anilines is 1. The van der Waals surface area contributed by atoms with Gasteiger partial charge in [-0.1, -0.05) is 0 Å². The van der Waals surface area contributed by atoms with Gasteiger partial charge in [0.25, 0.3) is 0 Å². The molecule has 0 atom stereocenters. The highest BCUT2D eigenvalue weighted by Gasteiger charge is 2.09. The van der Waals surface area contributed by atoms with Crippen molar-refractivity contribution < 1.29 is 4.79 Å². The molecule has 0 radical (unpaired) electrons. The smallest absolute Gasteiger partial charge is 0.224 e. The van der Waals surface area contributed by atoms with E-state index < -0.39 is 0 Å². The van der Waals surface area contributed by atoms with Gasteiger partial charge in [0.05, 0.1) is 11.4 Å². The molecule has 0 spiro atoms. The van der Waals surface area contributed by atoms with Gasteiger partial charge in [-0.2, -0.15) is 11.3 Å². The fourth-order valence-electron chi connectivity index (χ4n) is 2.11. The fraction of sp³-hybridized carbons (Fsp3) is 0.333. The van der Waals surface area contributed by atoms with E-state index in [2.05, 4.69) is 21.7 Å². The Kier molecular flexibility index (Phi) is 4.32. The van der Waals surface area contributed by atoms with E-state index in [0.717, 1.165) is 29.1 Å². The van der Waals surface area contributed by atoms with Gasteiger partial charge in [0, 0.05) is 12.1 Å². The van der Waals surface area contributed by atoms with Crippen LogP contribution in [0.2, 0.25) is 0 Å². The molecule has 1 amide bonds. The fourth-order valence-corrected chi connectivity index (χ4v) is 2.81. The van der Waals surface area contributed by atoms with E-state index in [0.29, 0.717) is 6.42 Å². The minimum absolute atomic E-state index is 0.0445.